The highest BCUT2D eigenvalue weighted by molar-refractivity contribution is 6.23. The van der Waals surface area contributed by atoms with Crippen molar-refractivity contribution in [3.05, 3.63) is 64.7 Å². The number of imide groups is 2. The van der Waals surface area contributed by atoms with Crippen LogP contribution in [0, 0.1) is 5.92 Å². The molecular weight excluding hydrogens is 408 g/mol. The summed E-state index contributed by atoms with van der Waals surface area (Å²) in [6.45, 7) is 2.00. The lowest BCUT2D eigenvalue weighted by molar-refractivity contribution is -0.136. The van der Waals surface area contributed by atoms with E-state index in [0.29, 0.717) is 30.1 Å². The second-order valence-electron chi connectivity index (χ2n) is 8.64. The van der Waals surface area contributed by atoms with Crippen molar-refractivity contribution in [1.29, 1.82) is 0 Å². The molecule has 2 aromatic carbocycles. The molecule has 0 radical (unpaired) electrons. The van der Waals surface area contributed by atoms with Crippen molar-refractivity contribution in [2.45, 2.75) is 31.8 Å². The van der Waals surface area contributed by atoms with E-state index in [0.717, 1.165) is 29.1 Å². The second-order valence-corrected chi connectivity index (χ2v) is 8.64. The van der Waals surface area contributed by atoms with E-state index in [-0.39, 0.29) is 18.7 Å². The summed E-state index contributed by atoms with van der Waals surface area (Å²) in [7, 11) is 0. The minimum absolute atomic E-state index is 0.103. The Kier molecular flexibility index (Phi) is 5.01. The summed E-state index contributed by atoms with van der Waals surface area (Å²) in [5, 5.41) is 2.22. The number of piperidine rings is 1. The number of hydrogen-bond donors (Lipinski definition) is 2. The number of benzene rings is 2. The van der Waals surface area contributed by atoms with Crippen molar-refractivity contribution in [2.24, 2.45) is 11.7 Å². The van der Waals surface area contributed by atoms with E-state index in [9.17, 15) is 19.2 Å². The van der Waals surface area contributed by atoms with Gasteiger partial charge >= 0.3 is 0 Å². The number of nitrogens with zero attached hydrogens (tertiary/aromatic N) is 2. The summed E-state index contributed by atoms with van der Waals surface area (Å²) in [6.07, 6.45) is 1.20. The van der Waals surface area contributed by atoms with Crippen LogP contribution in [0.15, 0.2) is 42.5 Å². The van der Waals surface area contributed by atoms with Crippen LogP contribution in [0.4, 0.5) is 5.69 Å². The van der Waals surface area contributed by atoms with Gasteiger partial charge in [-0.15, -0.1) is 0 Å². The number of carbonyl (C=O) groups is 4. The molecule has 5 rings (SSSR count). The van der Waals surface area contributed by atoms with Crippen LogP contribution in [0.5, 0.6) is 0 Å². The Morgan fingerprint density at radius 1 is 1.00 bits per heavy atom. The quantitative estimate of drug-likeness (QED) is 0.703. The summed E-state index contributed by atoms with van der Waals surface area (Å²) in [5.41, 5.74) is 9.88. The molecule has 1 fully saturated rings. The molecule has 164 valence electrons. The molecule has 4 amide bonds. The Bertz CT molecular complexity index is 1140. The minimum Gasteiger partial charge on any atom is -0.367 e. The fourth-order valence-electron chi connectivity index (χ4n) is 4.92. The van der Waals surface area contributed by atoms with Gasteiger partial charge in [0.1, 0.15) is 6.04 Å². The molecule has 3 N–H and O–H groups in total. The van der Waals surface area contributed by atoms with Gasteiger partial charge < -0.3 is 10.6 Å². The Morgan fingerprint density at radius 3 is 2.56 bits per heavy atom. The Hall–Kier alpha value is -3.52. The van der Waals surface area contributed by atoms with Crippen molar-refractivity contribution >= 4 is 29.3 Å². The topological polar surface area (TPSA) is 113 Å². The van der Waals surface area contributed by atoms with Crippen LogP contribution in [0.25, 0.3) is 0 Å². The first-order chi connectivity index (χ1) is 15.5. The average Bonchev–Trinajstić information content (AvgIpc) is 3.03. The van der Waals surface area contributed by atoms with E-state index >= 15 is 0 Å². The number of nitrogens with one attached hydrogen (secondary N) is 1. The summed E-state index contributed by atoms with van der Waals surface area (Å²) in [4.78, 5) is 52.9. The highest BCUT2D eigenvalue weighted by Crippen LogP contribution is 2.32. The van der Waals surface area contributed by atoms with Crippen LogP contribution in [0.2, 0.25) is 0 Å². The van der Waals surface area contributed by atoms with Crippen LogP contribution in [-0.4, -0.2) is 47.7 Å². The van der Waals surface area contributed by atoms with E-state index in [4.69, 9.17) is 5.73 Å². The third-order valence-electron chi connectivity index (χ3n) is 6.53. The van der Waals surface area contributed by atoms with Crippen molar-refractivity contribution < 1.29 is 19.2 Å². The molecule has 0 spiro atoms. The molecule has 0 saturated carbocycles. The highest BCUT2D eigenvalue weighted by atomic mass is 16.2. The lowest BCUT2D eigenvalue weighted by Gasteiger charge is -2.36. The lowest BCUT2D eigenvalue weighted by atomic mass is 9.92. The third kappa shape index (κ3) is 3.36. The summed E-state index contributed by atoms with van der Waals surface area (Å²) in [6, 6.07) is 12.6. The molecule has 2 unspecified atom stereocenters. The molecule has 0 aromatic heterocycles. The van der Waals surface area contributed by atoms with Gasteiger partial charge in [-0.3, -0.25) is 29.4 Å². The minimum atomic E-state index is -0.956. The molecular formula is C24H24N4O4. The van der Waals surface area contributed by atoms with E-state index in [1.165, 1.54) is 5.56 Å². The van der Waals surface area contributed by atoms with Gasteiger partial charge in [0.2, 0.25) is 11.8 Å². The smallest absolute Gasteiger partial charge is 0.262 e. The summed E-state index contributed by atoms with van der Waals surface area (Å²) in [5.74, 6) is -1.61. The standard InChI is InChI=1S/C24H24N4O4/c25-11-15-9-16-3-1-2-4-19(16)27(13-15)12-14-5-6-17-18(10-14)24(32)28(23(17)31)20-7-8-21(29)26-22(20)30/h1-6,10,15,20H,7-9,11-13,25H2,(H,26,29,30). The van der Waals surface area contributed by atoms with E-state index < -0.39 is 23.8 Å². The summed E-state index contributed by atoms with van der Waals surface area (Å²) < 4.78 is 0. The van der Waals surface area contributed by atoms with Crippen LogP contribution >= 0.6 is 0 Å². The number of carbonyl (C=O) groups excluding carboxylic acids is 4. The van der Waals surface area contributed by atoms with E-state index in [2.05, 4.69) is 22.3 Å². The molecule has 8 nitrogen and oxygen atoms in total. The number of amides is 4. The zero-order valence-electron chi connectivity index (χ0n) is 17.5. The van der Waals surface area contributed by atoms with Gasteiger partial charge in [-0.05, 0) is 54.6 Å². The maximum atomic E-state index is 13.1. The Morgan fingerprint density at radius 2 is 1.78 bits per heavy atom. The number of anilines is 1. The number of rotatable bonds is 4. The average molecular weight is 432 g/mol. The van der Waals surface area contributed by atoms with E-state index in [1.54, 1.807) is 12.1 Å². The third-order valence-corrected chi connectivity index (χ3v) is 6.53. The van der Waals surface area contributed by atoms with Gasteiger partial charge in [0.15, 0.2) is 0 Å². The molecule has 0 bridgehead atoms. The molecule has 3 heterocycles. The van der Waals surface area contributed by atoms with E-state index in [1.807, 2.05) is 18.2 Å². The fraction of sp³-hybridized carbons (Fsp3) is 0.333. The van der Waals surface area contributed by atoms with Crippen LogP contribution in [-0.2, 0) is 22.6 Å². The lowest BCUT2D eigenvalue weighted by Crippen LogP contribution is -2.54. The van der Waals surface area contributed by atoms with Crippen LogP contribution in [0.3, 0.4) is 0 Å². The zero-order chi connectivity index (χ0) is 22.4. The molecule has 2 atom stereocenters. The molecule has 0 aliphatic carbocycles. The van der Waals surface area contributed by atoms with Crippen molar-refractivity contribution in [3.8, 4) is 0 Å². The first kappa shape index (κ1) is 20.4. The van der Waals surface area contributed by atoms with Gasteiger partial charge in [0.05, 0.1) is 11.1 Å². The predicted octanol–water partition coefficient (Wildman–Crippen LogP) is 1.23. The van der Waals surface area contributed by atoms with Crippen LogP contribution < -0.4 is 16.0 Å². The second kappa shape index (κ2) is 7.87. The molecule has 8 heteroatoms. The number of hydrogen-bond acceptors (Lipinski definition) is 6. The highest BCUT2D eigenvalue weighted by Gasteiger charge is 2.44. The van der Waals surface area contributed by atoms with Gasteiger partial charge in [0, 0.05) is 25.2 Å². The molecule has 1 saturated heterocycles. The largest absolute Gasteiger partial charge is 0.367 e. The van der Waals surface area contributed by atoms with Gasteiger partial charge in [-0.1, -0.05) is 24.3 Å². The fourth-order valence-corrected chi connectivity index (χ4v) is 4.92. The first-order valence-electron chi connectivity index (χ1n) is 10.8. The molecule has 3 aliphatic heterocycles. The zero-order valence-corrected chi connectivity index (χ0v) is 17.5. The Balaban J connectivity index is 1.41. The molecule has 2 aromatic rings. The maximum absolute atomic E-state index is 13.1. The molecule has 32 heavy (non-hydrogen) atoms. The Labute approximate surface area is 185 Å². The van der Waals surface area contributed by atoms with Crippen LogP contribution in [0.1, 0.15) is 44.7 Å². The number of para-hydroxylation sites is 1. The maximum Gasteiger partial charge on any atom is 0.262 e. The normalized spacial score (nSPS) is 22.7. The SMILES string of the molecule is NCC1Cc2ccccc2N(Cc2ccc3c(c2)C(=O)N(C2CCC(=O)NC2=O)C3=O)C1. The van der Waals surface area contributed by atoms with Gasteiger partial charge in [0.25, 0.3) is 11.8 Å². The first-order valence-corrected chi connectivity index (χ1v) is 10.8. The predicted molar refractivity (Wildman–Crippen MR) is 117 cm³/mol. The molecule has 3 aliphatic rings. The van der Waals surface area contributed by atoms with Crippen molar-refractivity contribution in [2.75, 3.05) is 18.0 Å². The van der Waals surface area contributed by atoms with Crippen molar-refractivity contribution in [3.63, 3.8) is 0 Å². The van der Waals surface area contributed by atoms with Crippen molar-refractivity contribution in [1.82, 2.24) is 10.2 Å². The monoisotopic (exact) mass is 432 g/mol. The van der Waals surface area contributed by atoms with Gasteiger partial charge in [-0.2, -0.15) is 0 Å². The van der Waals surface area contributed by atoms with Gasteiger partial charge in [-0.25, -0.2) is 0 Å². The summed E-state index contributed by atoms with van der Waals surface area (Å²) >= 11 is 0. The number of fused-ring (bicyclic) bond motifs is 2. The number of nitrogens with two attached hydrogens (primary N) is 1.